The Morgan fingerprint density at radius 3 is 2.39 bits per heavy atom. The molecule has 0 aliphatic heterocycles. The number of hydrogen-bond donors (Lipinski definition) is 1. The van der Waals surface area contributed by atoms with Crippen LogP contribution in [0.5, 0.6) is 0 Å². The van der Waals surface area contributed by atoms with E-state index in [9.17, 15) is 13.2 Å². The summed E-state index contributed by atoms with van der Waals surface area (Å²) in [4.78, 5) is 16.9. The molecule has 0 fully saturated rings. The van der Waals surface area contributed by atoms with Crippen LogP contribution in [0.1, 0.15) is 15.9 Å². The van der Waals surface area contributed by atoms with Gasteiger partial charge in [0.2, 0.25) is 0 Å². The number of rotatable bonds is 7. The van der Waals surface area contributed by atoms with Crippen LogP contribution in [0.3, 0.4) is 0 Å². The number of nitrogens with zero attached hydrogens (tertiary/aromatic N) is 3. The van der Waals surface area contributed by atoms with Gasteiger partial charge in [-0.25, -0.2) is 13.4 Å². The smallest absolute Gasteiger partial charge is 0.264 e. The average Bonchev–Trinajstić information content (AvgIpc) is 3.37. The molecule has 0 aliphatic carbocycles. The van der Waals surface area contributed by atoms with Crippen molar-refractivity contribution in [1.29, 1.82) is 0 Å². The van der Waals surface area contributed by atoms with E-state index in [0.717, 1.165) is 11.3 Å². The molecule has 4 rings (SSSR count). The van der Waals surface area contributed by atoms with Crippen molar-refractivity contribution in [1.82, 2.24) is 14.9 Å². The monoisotopic (exact) mass is 480 g/mol. The van der Waals surface area contributed by atoms with Gasteiger partial charge in [0.25, 0.3) is 15.9 Å². The number of aromatic nitrogens is 2. The molecular formula is C24H21ClN4O3S. The zero-order valence-electron chi connectivity index (χ0n) is 17.7. The minimum Gasteiger partial charge on any atom is -0.348 e. The summed E-state index contributed by atoms with van der Waals surface area (Å²) >= 11 is 5.85. The van der Waals surface area contributed by atoms with Crippen LogP contribution in [-0.4, -0.2) is 30.9 Å². The third-order valence-electron chi connectivity index (χ3n) is 5.18. The number of anilines is 1. The summed E-state index contributed by atoms with van der Waals surface area (Å²) in [6, 6.07) is 20.1. The fourth-order valence-corrected chi connectivity index (χ4v) is 4.64. The zero-order chi connectivity index (χ0) is 23.4. The van der Waals surface area contributed by atoms with Gasteiger partial charge in [-0.1, -0.05) is 29.8 Å². The molecule has 0 unspecified atom stereocenters. The molecule has 0 aliphatic rings. The molecule has 0 atom stereocenters. The van der Waals surface area contributed by atoms with E-state index in [1.807, 2.05) is 35.0 Å². The van der Waals surface area contributed by atoms with Crippen molar-refractivity contribution >= 4 is 33.2 Å². The molecule has 0 saturated heterocycles. The van der Waals surface area contributed by atoms with Crippen molar-refractivity contribution in [3.63, 3.8) is 0 Å². The van der Waals surface area contributed by atoms with Crippen LogP contribution < -0.4 is 9.62 Å². The second-order valence-corrected chi connectivity index (χ2v) is 9.66. The number of amides is 1. The van der Waals surface area contributed by atoms with E-state index < -0.39 is 10.0 Å². The standard InChI is InChI=1S/C24H21ClN4O3S/c1-28(33(31,32)22-12-8-20(25)9-13-22)21-10-6-18(7-11-21)24(30)27-16-19-4-2-3-5-23(19)29-15-14-26-17-29/h2-15,17H,16H2,1H3,(H,27,30). The highest BCUT2D eigenvalue weighted by molar-refractivity contribution is 7.92. The van der Waals surface area contributed by atoms with Gasteiger partial charge in [-0.05, 0) is 60.2 Å². The van der Waals surface area contributed by atoms with E-state index in [2.05, 4.69) is 10.3 Å². The van der Waals surface area contributed by atoms with Crippen molar-refractivity contribution in [3.8, 4) is 5.69 Å². The summed E-state index contributed by atoms with van der Waals surface area (Å²) in [5, 5.41) is 3.37. The van der Waals surface area contributed by atoms with E-state index in [1.165, 1.54) is 35.6 Å². The molecule has 1 aromatic heterocycles. The Hall–Kier alpha value is -3.62. The number of hydrogen-bond acceptors (Lipinski definition) is 4. The summed E-state index contributed by atoms with van der Waals surface area (Å²) < 4.78 is 28.7. The summed E-state index contributed by atoms with van der Waals surface area (Å²) in [5.74, 6) is -0.259. The summed E-state index contributed by atoms with van der Waals surface area (Å²) in [7, 11) is -2.28. The maximum absolute atomic E-state index is 12.8. The number of sulfonamides is 1. The summed E-state index contributed by atoms with van der Waals surface area (Å²) in [6.45, 7) is 0.333. The summed E-state index contributed by atoms with van der Waals surface area (Å²) in [5.41, 5.74) is 2.73. The number of nitrogens with one attached hydrogen (secondary N) is 1. The first kappa shape index (κ1) is 22.6. The van der Waals surface area contributed by atoms with Crippen molar-refractivity contribution in [2.24, 2.45) is 0 Å². The molecule has 168 valence electrons. The molecule has 33 heavy (non-hydrogen) atoms. The number of carbonyl (C=O) groups is 1. The molecule has 4 aromatic rings. The van der Waals surface area contributed by atoms with E-state index in [4.69, 9.17) is 11.6 Å². The number of imidazole rings is 1. The van der Waals surface area contributed by atoms with Crippen LogP contribution >= 0.6 is 11.6 Å². The predicted molar refractivity (Wildman–Crippen MR) is 128 cm³/mol. The Morgan fingerprint density at radius 2 is 1.73 bits per heavy atom. The third-order valence-corrected chi connectivity index (χ3v) is 7.23. The van der Waals surface area contributed by atoms with Gasteiger partial charge in [-0.15, -0.1) is 0 Å². The Kier molecular flexibility index (Phi) is 6.48. The Labute approximate surface area is 197 Å². The lowest BCUT2D eigenvalue weighted by Gasteiger charge is -2.20. The third kappa shape index (κ3) is 4.92. The Balaban J connectivity index is 1.45. The molecule has 0 spiro atoms. The van der Waals surface area contributed by atoms with Crippen molar-refractivity contribution in [3.05, 3.63) is 108 Å². The van der Waals surface area contributed by atoms with Gasteiger partial charge in [0, 0.05) is 36.6 Å². The van der Waals surface area contributed by atoms with E-state index in [-0.39, 0.29) is 10.8 Å². The van der Waals surface area contributed by atoms with Crippen LogP contribution in [0.4, 0.5) is 5.69 Å². The van der Waals surface area contributed by atoms with Crippen LogP contribution in [0.2, 0.25) is 5.02 Å². The first-order chi connectivity index (χ1) is 15.9. The van der Waals surface area contributed by atoms with E-state index in [0.29, 0.717) is 22.8 Å². The number of benzene rings is 3. The van der Waals surface area contributed by atoms with Gasteiger partial charge in [0.1, 0.15) is 0 Å². The second-order valence-electron chi connectivity index (χ2n) is 7.25. The van der Waals surface area contributed by atoms with Crippen molar-refractivity contribution in [2.45, 2.75) is 11.4 Å². The molecule has 0 bridgehead atoms. The lowest BCUT2D eigenvalue weighted by molar-refractivity contribution is 0.0951. The topological polar surface area (TPSA) is 84.3 Å². The average molecular weight is 481 g/mol. The van der Waals surface area contributed by atoms with Gasteiger partial charge in [-0.3, -0.25) is 9.10 Å². The van der Waals surface area contributed by atoms with Crippen LogP contribution in [0.25, 0.3) is 5.69 Å². The maximum atomic E-state index is 12.8. The molecule has 1 amide bonds. The predicted octanol–water partition coefficient (Wildman–Crippen LogP) is 4.28. The molecule has 1 heterocycles. The highest BCUT2D eigenvalue weighted by Crippen LogP contribution is 2.23. The summed E-state index contributed by atoms with van der Waals surface area (Å²) in [6.07, 6.45) is 5.24. The van der Waals surface area contributed by atoms with Crippen molar-refractivity contribution < 1.29 is 13.2 Å². The molecule has 1 N–H and O–H groups in total. The SMILES string of the molecule is CN(c1ccc(C(=O)NCc2ccccc2-n2ccnc2)cc1)S(=O)(=O)c1ccc(Cl)cc1. The maximum Gasteiger partial charge on any atom is 0.264 e. The number of para-hydroxylation sites is 1. The van der Waals surface area contributed by atoms with E-state index >= 15 is 0 Å². The van der Waals surface area contributed by atoms with E-state index in [1.54, 1.807) is 36.8 Å². The molecule has 9 heteroatoms. The van der Waals surface area contributed by atoms with Gasteiger partial charge in [-0.2, -0.15) is 0 Å². The minimum atomic E-state index is -3.75. The normalized spacial score (nSPS) is 11.2. The van der Waals surface area contributed by atoms with Crippen molar-refractivity contribution in [2.75, 3.05) is 11.4 Å². The van der Waals surface area contributed by atoms with Crippen LogP contribution in [0.15, 0.2) is 96.4 Å². The lowest BCUT2D eigenvalue weighted by Crippen LogP contribution is -2.27. The molecule has 0 radical (unpaired) electrons. The Morgan fingerprint density at radius 1 is 1.03 bits per heavy atom. The number of carbonyl (C=O) groups excluding carboxylic acids is 1. The highest BCUT2D eigenvalue weighted by atomic mass is 35.5. The molecule has 7 nitrogen and oxygen atoms in total. The number of halogens is 1. The lowest BCUT2D eigenvalue weighted by atomic mass is 10.1. The largest absolute Gasteiger partial charge is 0.348 e. The van der Waals surface area contributed by atoms with Gasteiger partial charge in [0.15, 0.2) is 0 Å². The first-order valence-electron chi connectivity index (χ1n) is 10.1. The Bertz CT molecular complexity index is 1350. The fourth-order valence-electron chi connectivity index (χ4n) is 3.32. The quantitative estimate of drug-likeness (QED) is 0.428. The van der Waals surface area contributed by atoms with Crippen LogP contribution in [0, 0.1) is 0 Å². The second kappa shape index (κ2) is 9.48. The van der Waals surface area contributed by atoms with Gasteiger partial charge < -0.3 is 9.88 Å². The zero-order valence-corrected chi connectivity index (χ0v) is 19.3. The first-order valence-corrected chi connectivity index (χ1v) is 11.9. The fraction of sp³-hybridized carbons (Fsp3) is 0.0833. The molecular weight excluding hydrogens is 460 g/mol. The molecule has 0 saturated carbocycles. The van der Waals surface area contributed by atoms with Gasteiger partial charge in [0.05, 0.1) is 22.6 Å². The minimum absolute atomic E-state index is 0.132. The van der Waals surface area contributed by atoms with Gasteiger partial charge >= 0.3 is 0 Å². The highest BCUT2D eigenvalue weighted by Gasteiger charge is 2.21. The van der Waals surface area contributed by atoms with Crippen LogP contribution in [-0.2, 0) is 16.6 Å². The molecule has 3 aromatic carbocycles.